The Balaban J connectivity index is 1.40. The summed E-state index contributed by atoms with van der Waals surface area (Å²) in [5, 5.41) is 16.0. The number of likely N-dealkylation sites (tertiary alicyclic amines) is 1. The molecule has 2 unspecified atom stereocenters. The molecule has 2 heterocycles. The van der Waals surface area contributed by atoms with Crippen molar-refractivity contribution in [3.63, 3.8) is 0 Å². The van der Waals surface area contributed by atoms with Crippen LogP contribution < -0.4 is 20.1 Å². The summed E-state index contributed by atoms with van der Waals surface area (Å²) in [7, 11) is -2.68. The molecule has 4 N–H and O–H groups in total. The molecule has 4 aromatic rings. The first kappa shape index (κ1) is 29.1. The van der Waals surface area contributed by atoms with Crippen molar-refractivity contribution in [3.8, 4) is 11.5 Å². The molecule has 0 radical (unpaired) electrons. The molecular weight excluding hydrogens is 556 g/mol. The second-order valence-corrected chi connectivity index (χ2v) is 12.1. The zero-order valence-corrected chi connectivity index (χ0v) is 24.5. The Morgan fingerprint density at radius 1 is 0.952 bits per heavy atom. The van der Waals surface area contributed by atoms with Crippen LogP contribution in [0.4, 0.5) is 23.0 Å². The van der Waals surface area contributed by atoms with Gasteiger partial charge >= 0.3 is 0 Å². The fourth-order valence-electron chi connectivity index (χ4n) is 5.15. The molecule has 1 amide bonds. The van der Waals surface area contributed by atoms with Crippen molar-refractivity contribution in [2.75, 3.05) is 29.0 Å². The third kappa shape index (κ3) is 6.72. The molecule has 11 nitrogen and oxygen atoms in total. The number of methoxy groups -OCH3 is 1. The van der Waals surface area contributed by atoms with Gasteiger partial charge in [-0.25, -0.2) is 18.4 Å². The number of ether oxygens (including phenoxy) is 1. The summed E-state index contributed by atoms with van der Waals surface area (Å²) in [5.41, 5.74) is 1.81. The maximum Gasteiger partial charge on any atom is 0.263 e. The van der Waals surface area contributed by atoms with Gasteiger partial charge in [0, 0.05) is 41.7 Å². The van der Waals surface area contributed by atoms with Gasteiger partial charge in [-0.1, -0.05) is 24.6 Å². The maximum atomic E-state index is 13.6. The molecule has 1 aliphatic heterocycles. The van der Waals surface area contributed by atoms with Crippen LogP contribution in [0.1, 0.15) is 33.1 Å². The number of aromatic nitrogens is 2. The van der Waals surface area contributed by atoms with Crippen LogP contribution in [-0.2, 0) is 14.8 Å². The highest BCUT2D eigenvalue weighted by molar-refractivity contribution is 7.92. The van der Waals surface area contributed by atoms with Crippen LogP contribution in [0, 0.1) is 0 Å². The van der Waals surface area contributed by atoms with Crippen LogP contribution in [0.15, 0.2) is 71.6 Å². The maximum absolute atomic E-state index is 13.6. The largest absolute Gasteiger partial charge is 0.508 e. The number of phenolic OH excluding ortho intramolecular Hbond substituents is 1. The third-order valence-corrected chi connectivity index (χ3v) is 8.66. The first-order valence-electron chi connectivity index (χ1n) is 13.7. The summed E-state index contributed by atoms with van der Waals surface area (Å²) < 4.78 is 34.9. The van der Waals surface area contributed by atoms with Crippen LogP contribution in [0.25, 0.3) is 11.0 Å². The number of nitrogens with zero attached hydrogens (tertiary/aromatic N) is 3. The molecule has 5 rings (SSSR count). The number of nitrogens with one attached hydrogen (secondary N) is 3. The van der Waals surface area contributed by atoms with Crippen molar-refractivity contribution in [2.24, 2.45) is 0 Å². The van der Waals surface area contributed by atoms with Crippen molar-refractivity contribution in [1.29, 1.82) is 0 Å². The van der Waals surface area contributed by atoms with E-state index in [1.807, 2.05) is 0 Å². The quantitative estimate of drug-likeness (QED) is 0.209. The van der Waals surface area contributed by atoms with E-state index in [4.69, 9.17) is 4.74 Å². The minimum atomic E-state index is -4.15. The number of phenols is 1. The first-order valence-corrected chi connectivity index (χ1v) is 15.2. The van der Waals surface area contributed by atoms with Gasteiger partial charge in [0.05, 0.1) is 29.6 Å². The first-order chi connectivity index (χ1) is 20.1. The van der Waals surface area contributed by atoms with E-state index < -0.39 is 10.0 Å². The highest BCUT2D eigenvalue weighted by Crippen LogP contribution is 2.31. The Morgan fingerprint density at radius 2 is 1.64 bits per heavy atom. The van der Waals surface area contributed by atoms with Crippen molar-refractivity contribution in [1.82, 2.24) is 14.9 Å². The SMILES string of the molecule is COc1cc(O)cc(Nc2nc3ccccc3nc2NS(=O)(=O)c2cccc(NC(=O)CN3C(C)CCCC3C)c2)c1. The van der Waals surface area contributed by atoms with Crippen LogP contribution in [0.3, 0.4) is 0 Å². The van der Waals surface area contributed by atoms with E-state index in [0.717, 1.165) is 19.3 Å². The van der Waals surface area contributed by atoms with E-state index in [0.29, 0.717) is 40.2 Å². The van der Waals surface area contributed by atoms with Crippen LogP contribution in [-0.4, -0.2) is 60.0 Å². The number of anilines is 4. The van der Waals surface area contributed by atoms with Gasteiger partial charge < -0.3 is 20.5 Å². The van der Waals surface area contributed by atoms with Crippen LogP contribution in [0.2, 0.25) is 0 Å². The lowest BCUT2D eigenvalue weighted by Crippen LogP contribution is -2.47. The number of para-hydroxylation sites is 2. The molecule has 0 aliphatic carbocycles. The molecule has 0 saturated carbocycles. The lowest BCUT2D eigenvalue weighted by Gasteiger charge is -2.38. The van der Waals surface area contributed by atoms with E-state index in [2.05, 4.69) is 44.1 Å². The normalized spacial score (nSPS) is 17.5. The number of rotatable bonds is 9. The molecule has 0 spiro atoms. The summed E-state index contributed by atoms with van der Waals surface area (Å²) in [4.78, 5) is 24.1. The van der Waals surface area contributed by atoms with Gasteiger partial charge in [0.25, 0.3) is 10.0 Å². The average molecular weight is 591 g/mol. The number of sulfonamides is 1. The molecule has 2 atom stereocenters. The number of carbonyl (C=O) groups is 1. The second kappa shape index (κ2) is 12.2. The van der Waals surface area contributed by atoms with E-state index in [1.165, 1.54) is 31.4 Å². The lowest BCUT2D eigenvalue weighted by atomic mass is 9.97. The van der Waals surface area contributed by atoms with Gasteiger partial charge in [0.15, 0.2) is 11.6 Å². The van der Waals surface area contributed by atoms with Crippen LogP contribution in [0.5, 0.6) is 11.5 Å². The summed E-state index contributed by atoms with van der Waals surface area (Å²) in [6, 6.07) is 18.3. The van der Waals surface area contributed by atoms with Gasteiger partial charge in [0.1, 0.15) is 11.5 Å². The van der Waals surface area contributed by atoms with Crippen molar-refractivity contribution >= 4 is 50.0 Å². The van der Waals surface area contributed by atoms with E-state index in [1.54, 1.807) is 42.5 Å². The Labute approximate surface area is 245 Å². The smallest absolute Gasteiger partial charge is 0.263 e. The Hall–Kier alpha value is -4.42. The number of piperidine rings is 1. The Kier molecular flexibility index (Phi) is 8.46. The average Bonchev–Trinajstić information content (AvgIpc) is 2.95. The molecule has 220 valence electrons. The predicted octanol–water partition coefficient (Wildman–Crippen LogP) is 5.09. The molecule has 3 aromatic carbocycles. The van der Waals surface area contributed by atoms with Gasteiger partial charge in [-0.2, -0.15) is 0 Å². The van der Waals surface area contributed by atoms with Crippen molar-refractivity contribution in [3.05, 3.63) is 66.7 Å². The molecule has 1 aliphatic rings. The van der Waals surface area contributed by atoms with Gasteiger partial charge in [-0.05, 0) is 57.0 Å². The summed E-state index contributed by atoms with van der Waals surface area (Å²) in [6.07, 6.45) is 3.24. The zero-order chi connectivity index (χ0) is 29.9. The van der Waals surface area contributed by atoms with E-state index >= 15 is 0 Å². The monoisotopic (exact) mass is 590 g/mol. The number of hydrogen-bond donors (Lipinski definition) is 4. The van der Waals surface area contributed by atoms with Gasteiger partial charge in [0.2, 0.25) is 5.91 Å². The van der Waals surface area contributed by atoms with Crippen molar-refractivity contribution in [2.45, 2.75) is 50.1 Å². The lowest BCUT2D eigenvalue weighted by molar-refractivity contribution is -0.118. The fraction of sp³-hybridized carbons (Fsp3) is 0.300. The van der Waals surface area contributed by atoms with E-state index in [9.17, 15) is 18.3 Å². The minimum Gasteiger partial charge on any atom is -0.508 e. The molecular formula is C30H34N6O5S. The minimum absolute atomic E-state index is 0.0430. The Morgan fingerprint density at radius 3 is 2.33 bits per heavy atom. The van der Waals surface area contributed by atoms with Gasteiger partial charge in [-0.3, -0.25) is 14.4 Å². The second-order valence-electron chi connectivity index (χ2n) is 10.4. The highest BCUT2D eigenvalue weighted by Gasteiger charge is 2.26. The van der Waals surface area contributed by atoms with Crippen LogP contribution >= 0.6 is 0 Å². The Bertz CT molecular complexity index is 1700. The van der Waals surface area contributed by atoms with E-state index in [-0.39, 0.29) is 34.7 Å². The van der Waals surface area contributed by atoms with Gasteiger partial charge in [-0.15, -0.1) is 0 Å². The number of benzene rings is 3. The number of carbonyl (C=O) groups excluding carboxylic acids is 1. The fourth-order valence-corrected chi connectivity index (χ4v) is 6.20. The number of fused-ring (bicyclic) bond motifs is 1. The molecule has 0 bridgehead atoms. The predicted molar refractivity (Wildman–Crippen MR) is 163 cm³/mol. The topological polar surface area (TPSA) is 146 Å². The molecule has 42 heavy (non-hydrogen) atoms. The molecule has 1 aromatic heterocycles. The molecule has 1 saturated heterocycles. The summed E-state index contributed by atoms with van der Waals surface area (Å²) in [6.45, 7) is 4.48. The zero-order valence-electron chi connectivity index (χ0n) is 23.7. The molecule has 12 heteroatoms. The standard InChI is InChI=1S/C30H34N6O5S/c1-19-8-6-9-20(2)36(19)18-28(38)31-21-10-7-11-25(16-21)42(39,40)35-30-29(33-26-12-4-5-13-27(26)34-30)32-22-14-23(37)17-24(15-22)41-3/h4-5,7,10-17,19-20,37H,6,8-9,18H2,1-3H3,(H,31,38)(H,32,33)(H,34,35). The third-order valence-electron chi connectivity index (χ3n) is 7.32. The highest BCUT2D eigenvalue weighted by atomic mass is 32.2. The summed E-state index contributed by atoms with van der Waals surface area (Å²) >= 11 is 0. The number of aromatic hydroxyl groups is 1. The summed E-state index contributed by atoms with van der Waals surface area (Å²) in [5.74, 6) is 0.233. The number of amides is 1. The van der Waals surface area contributed by atoms with Crippen molar-refractivity contribution < 1.29 is 23.1 Å². The number of hydrogen-bond acceptors (Lipinski definition) is 9. The molecule has 1 fully saturated rings.